The van der Waals surface area contributed by atoms with Crippen LogP contribution in [0.3, 0.4) is 0 Å². The lowest BCUT2D eigenvalue weighted by Crippen LogP contribution is -2.14. The molecule has 0 aliphatic rings. The lowest BCUT2D eigenvalue weighted by atomic mass is 10.0. The molecule has 0 aliphatic carbocycles. The molecular formula is C18H20N6O. The molecule has 0 aromatic carbocycles. The number of amides is 1. The maximum Gasteiger partial charge on any atom is 0.269 e. The van der Waals surface area contributed by atoms with E-state index in [0.29, 0.717) is 12.1 Å². The zero-order chi connectivity index (χ0) is 17.8. The van der Waals surface area contributed by atoms with Crippen LogP contribution < -0.4 is 5.73 Å². The third-order valence-electron chi connectivity index (χ3n) is 3.93. The van der Waals surface area contributed by atoms with Crippen LogP contribution >= 0.6 is 0 Å². The highest BCUT2D eigenvalue weighted by Crippen LogP contribution is 2.29. The van der Waals surface area contributed by atoms with Crippen LogP contribution in [-0.2, 0) is 6.42 Å². The number of carbonyl (C=O) groups excluding carboxylic acids is 1. The fraction of sp³-hybridized carbons (Fsp3) is 0.278. The summed E-state index contributed by atoms with van der Waals surface area (Å²) in [5.41, 5.74) is 9.61. The van der Waals surface area contributed by atoms with Crippen LogP contribution in [0.4, 0.5) is 0 Å². The fourth-order valence-corrected chi connectivity index (χ4v) is 2.69. The van der Waals surface area contributed by atoms with Gasteiger partial charge in [0.1, 0.15) is 5.69 Å². The third-order valence-corrected chi connectivity index (χ3v) is 3.93. The van der Waals surface area contributed by atoms with Crippen molar-refractivity contribution in [3.05, 3.63) is 53.6 Å². The van der Waals surface area contributed by atoms with Crippen LogP contribution in [0.5, 0.6) is 0 Å². The van der Waals surface area contributed by atoms with E-state index in [1.807, 2.05) is 31.2 Å². The van der Waals surface area contributed by atoms with Crippen molar-refractivity contribution in [2.24, 2.45) is 5.73 Å². The van der Waals surface area contributed by atoms with Gasteiger partial charge in [0.15, 0.2) is 5.69 Å². The fourth-order valence-electron chi connectivity index (χ4n) is 2.69. The smallest absolute Gasteiger partial charge is 0.269 e. The average Bonchev–Trinajstić information content (AvgIpc) is 3.01. The maximum atomic E-state index is 12.0. The Morgan fingerprint density at radius 2 is 2.08 bits per heavy atom. The number of aryl methyl sites for hydroxylation is 1. The molecule has 0 saturated heterocycles. The number of primary amides is 1. The number of rotatable bonds is 6. The first-order valence-electron chi connectivity index (χ1n) is 8.24. The number of unbranched alkanes of at least 4 members (excludes halogenated alkanes) is 1. The molecule has 3 aromatic heterocycles. The van der Waals surface area contributed by atoms with Gasteiger partial charge in [-0.25, -0.2) is 4.68 Å². The minimum atomic E-state index is -0.546. The van der Waals surface area contributed by atoms with Gasteiger partial charge in [0.25, 0.3) is 5.91 Å². The van der Waals surface area contributed by atoms with Gasteiger partial charge < -0.3 is 5.73 Å². The highest BCUT2D eigenvalue weighted by Gasteiger charge is 2.24. The van der Waals surface area contributed by atoms with E-state index >= 15 is 0 Å². The van der Waals surface area contributed by atoms with Crippen molar-refractivity contribution < 1.29 is 4.79 Å². The lowest BCUT2D eigenvalue weighted by molar-refractivity contribution is 0.0994. The third kappa shape index (κ3) is 3.40. The summed E-state index contributed by atoms with van der Waals surface area (Å²) >= 11 is 0. The Bertz CT molecular complexity index is 871. The summed E-state index contributed by atoms with van der Waals surface area (Å²) in [5.74, 6) is -0.546. The van der Waals surface area contributed by atoms with Crippen LogP contribution in [-0.4, -0.2) is 30.9 Å². The topological polar surface area (TPSA) is 99.6 Å². The summed E-state index contributed by atoms with van der Waals surface area (Å²) in [6.07, 6.45) is 5.98. The standard InChI is InChI=1S/C18H20N6O/c1-3-4-7-14-16(18(19)25)23-24(13-6-5-10-20-11-13)17(14)15-9-8-12(2)21-22-15/h5-6,8-11H,3-4,7H2,1-2H3,(H2,19,25). The van der Waals surface area contributed by atoms with E-state index in [2.05, 4.69) is 27.2 Å². The first-order chi connectivity index (χ1) is 12.1. The van der Waals surface area contributed by atoms with Crippen molar-refractivity contribution in [1.29, 1.82) is 0 Å². The Labute approximate surface area is 145 Å². The van der Waals surface area contributed by atoms with Crippen molar-refractivity contribution >= 4 is 5.91 Å². The van der Waals surface area contributed by atoms with Gasteiger partial charge in [0.05, 0.1) is 23.3 Å². The van der Waals surface area contributed by atoms with Crippen molar-refractivity contribution in [3.63, 3.8) is 0 Å². The number of hydrogen-bond donors (Lipinski definition) is 1. The van der Waals surface area contributed by atoms with Gasteiger partial charge in [-0.1, -0.05) is 13.3 Å². The van der Waals surface area contributed by atoms with E-state index in [1.54, 1.807) is 17.1 Å². The number of carbonyl (C=O) groups is 1. The largest absolute Gasteiger partial charge is 0.364 e. The second-order valence-electron chi connectivity index (χ2n) is 5.83. The van der Waals surface area contributed by atoms with Crippen LogP contribution in [0, 0.1) is 6.92 Å². The van der Waals surface area contributed by atoms with Crippen LogP contribution in [0.2, 0.25) is 0 Å². The molecule has 0 bridgehead atoms. The van der Waals surface area contributed by atoms with Gasteiger partial charge in [0.2, 0.25) is 0 Å². The molecule has 7 nitrogen and oxygen atoms in total. The van der Waals surface area contributed by atoms with Crippen LogP contribution in [0.1, 0.15) is 41.5 Å². The van der Waals surface area contributed by atoms with E-state index < -0.39 is 5.91 Å². The molecule has 0 atom stereocenters. The lowest BCUT2D eigenvalue weighted by Gasteiger charge is -2.09. The Hall–Kier alpha value is -3.09. The van der Waals surface area contributed by atoms with Crippen molar-refractivity contribution in [1.82, 2.24) is 25.0 Å². The van der Waals surface area contributed by atoms with Gasteiger partial charge in [-0.3, -0.25) is 9.78 Å². The molecule has 0 radical (unpaired) electrons. The van der Waals surface area contributed by atoms with E-state index in [-0.39, 0.29) is 5.69 Å². The molecule has 1 amide bonds. The minimum Gasteiger partial charge on any atom is -0.364 e. The maximum absolute atomic E-state index is 12.0. The molecule has 2 N–H and O–H groups in total. The number of nitrogens with two attached hydrogens (primary N) is 1. The van der Waals surface area contributed by atoms with Gasteiger partial charge in [-0.2, -0.15) is 10.2 Å². The SMILES string of the molecule is CCCCc1c(C(N)=O)nn(-c2cccnc2)c1-c1ccc(C)nn1. The molecule has 3 heterocycles. The quantitative estimate of drug-likeness (QED) is 0.745. The molecule has 7 heteroatoms. The van der Waals surface area contributed by atoms with E-state index in [0.717, 1.165) is 35.5 Å². The predicted molar refractivity (Wildman–Crippen MR) is 94.3 cm³/mol. The van der Waals surface area contributed by atoms with Crippen LogP contribution in [0.15, 0.2) is 36.7 Å². The summed E-state index contributed by atoms with van der Waals surface area (Å²) in [7, 11) is 0. The first-order valence-corrected chi connectivity index (χ1v) is 8.24. The van der Waals surface area contributed by atoms with Crippen LogP contribution in [0.25, 0.3) is 17.1 Å². The van der Waals surface area contributed by atoms with E-state index in [1.165, 1.54) is 0 Å². The van der Waals surface area contributed by atoms with E-state index in [4.69, 9.17) is 5.73 Å². The summed E-state index contributed by atoms with van der Waals surface area (Å²) in [4.78, 5) is 16.1. The van der Waals surface area contributed by atoms with Gasteiger partial charge >= 0.3 is 0 Å². The number of aromatic nitrogens is 5. The molecule has 0 unspecified atom stereocenters. The average molecular weight is 336 g/mol. The summed E-state index contributed by atoms with van der Waals surface area (Å²) in [6, 6.07) is 7.46. The molecule has 0 aliphatic heterocycles. The predicted octanol–water partition coefficient (Wildman–Crippen LogP) is 2.47. The second-order valence-corrected chi connectivity index (χ2v) is 5.83. The zero-order valence-corrected chi connectivity index (χ0v) is 14.3. The summed E-state index contributed by atoms with van der Waals surface area (Å²) in [5, 5.41) is 12.9. The van der Waals surface area contributed by atoms with Gasteiger partial charge in [-0.05, 0) is 44.0 Å². The monoisotopic (exact) mass is 336 g/mol. The Balaban J connectivity index is 2.26. The molecule has 25 heavy (non-hydrogen) atoms. The number of nitrogens with zero attached hydrogens (tertiary/aromatic N) is 5. The second kappa shape index (κ2) is 7.21. The first kappa shape index (κ1) is 16.8. The Morgan fingerprint density at radius 3 is 2.68 bits per heavy atom. The highest BCUT2D eigenvalue weighted by molar-refractivity contribution is 5.94. The Kier molecular flexibility index (Phi) is 4.83. The molecular weight excluding hydrogens is 316 g/mol. The van der Waals surface area contributed by atoms with Crippen molar-refractivity contribution in [2.75, 3.05) is 0 Å². The summed E-state index contributed by atoms with van der Waals surface area (Å²) in [6.45, 7) is 3.98. The molecule has 3 aromatic rings. The molecule has 128 valence electrons. The molecule has 0 fully saturated rings. The zero-order valence-electron chi connectivity index (χ0n) is 14.3. The normalized spacial score (nSPS) is 10.8. The number of pyridine rings is 1. The minimum absolute atomic E-state index is 0.273. The van der Waals surface area contributed by atoms with Crippen molar-refractivity contribution in [3.8, 4) is 17.1 Å². The summed E-state index contributed by atoms with van der Waals surface area (Å²) < 4.78 is 1.68. The molecule has 0 spiro atoms. The van der Waals surface area contributed by atoms with Gasteiger partial charge in [0, 0.05) is 11.8 Å². The number of hydrogen-bond acceptors (Lipinski definition) is 5. The Morgan fingerprint density at radius 1 is 1.24 bits per heavy atom. The van der Waals surface area contributed by atoms with Crippen molar-refractivity contribution in [2.45, 2.75) is 33.1 Å². The highest BCUT2D eigenvalue weighted by atomic mass is 16.1. The van der Waals surface area contributed by atoms with Gasteiger partial charge in [-0.15, -0.1) is 5.10 Å². The molecule has 3 rings (SSSR count). The van der Waals surface area contributed by atoms with E-state index in [9.17, 15) is 4.79 Å². The molecule has 0 saturated carbocycles.